The number of para-hydroxylation sites is 3. The highest BCUT2D eigenvalue weighted by Gasteiger charge is 2.16. The Morgan fingerprint density at radius 2 is 1.70 bits per heavy atom. The average molecular weight is 376 g/mol. The van der Waals surface area contributed by atoms with Crippen LogP contribution in [0.15, 0.2) is 72.8 Å². The highest BCUT2D eigenvalue weighted by Crippen LogP contribution is 2.27. The zero-order chi connectivity index (χ0) is 18.8. The molecule has 0 aliphatic heterocycles. The van der Waals surface area contributed by atoms with Crippen LogP contribution in [0.3, 0.4) is 0 Å². The van der Waals surface area contributed by atoms with Crippen molar-refractivity contribution in [1.29, 1.82) is 0 Å². The first-order chi connectivity index (χ1) is 13.1. The van der Waals surface area contributed by atoms with E-state index in [0.717, 1.165) is 28.0 Å². The summed E-state index contributed by atoms with van der Waals surface area (Å²) in [4.78, 5) is 17.5. The number of aryl methyl sites for hydroxylation is 1. The predicted molar refractivity (Wildman–Crippen MR) is 110 cm³/mol. The molecule has 0 fully saturated rings. The van der Waals surface area contributed by atoms with Crippen molar-refractivity contribution >= 4 is 34.2 Å². The largest absolute Gasteiger partial charge is 0.323 e. The molecule has 1 heterocycles. The molecule has 4 aromatic rings. The summed E-state index contributed by atoms with van der Waals surface area (Å²) in [6.07, 6.45) is 0. The number of carbonyl (C=O) groups excluding carboxylic acids is 1. The molecule has 1 N–H and O–H groups in total. The molecule has 0 radical (unpaired) electrons. The Morgan fingerprint density at radius 1 is 1.00 bits per heavy atom. The van der Waals surface area contributed by atoms with Gasteiger partial charge in [-0.1, -0.05) is 60.1 Å². The van der Waals surface area contributed by atoms with Crippen molar-refractivity contribution in [2.75, 3.05) is 5.32 Å². The lowest BCUT2D eigenvalue weighted by Crippen LogP contribution is -2.19. The SMILES string of the molecule is Cc1ccccc1-c1nc2ccccc2n1CC(=O)Nc1ccccc1Cl. The van der Waals surface area contributed by atoms with Crippen LogP contribution in [0.4, 0.5) is 5.69 Å². The number of hydrogen-bond donors (Lipinski definition) is 1. The lowest BCUT2D eigenvalue weighted by molar-refractivity contribution is -0.116. The summed E-state index contributed by atoms with van der Waals surface area (Å²) >= 11 is 6.16. The number of rotatable bonds is 4. The fraction of sp³-hybridized carbons (Fsp3) is 0.0909. The van der Waals surface area contributed by atoms with Gasteiger partial charge in [0.2, 0.25) is 5.91 Å². The first kappa shape index (κ1) is 17.3. The summed E-state index contributed by atoms with van der Waals surface area (Å²) < 4.78 is 1.95. The van der Waals surface area contributed by atoms with Gasteiger partial charge < -0.3 is 9.88 Å². The standard InChI is InChI=1S/C22H18ClN3O/c1-15-8-2-3-9-16(15)22-25-19-12-6-7-13-20(19)26(22)14-21(27)24-18-11-5-4-10-17(18)23/h2-13H,14H2,1H3,(H,24,27). The molecule has 5 heteroatoms. The van der Waals surface area contributed by atoms with Crippen molar-refractivity contribution in [2.45, 2.75) is 13.5 Å². The molecule has 3 aromatic carbocycles. The number of nitrogens with one attached hydrogen (secondary N) is 1. The molecule has 134 valence electrons. The van der Waals surface area contributed by atoms with E-state index in [-0.39, 0.29) is 12.5 Å². The maximum Gasteiger partial charge on any atom is 0.244 e. The van der Waals surface area contributed by atoms with E-state index in [4.69, 9.17) is 16.6 Å². The van der Waals surface area contributed by atoms with Crippen LogP contribution >= 0.6 is 11.6 Å². The second kappa shape index (κ2) is 7.25. The zero-order valence-corrected chi connectivity index (χ0v) is 15.6. The summed E-state index contributed by atoms with van der Waals surface area (Å²) in [5.74, 6) is 0.629. The molecule has 0 atom stereocenters. The van der Waals surface area contributed by atoms with Gasteiger partial charge in [-0.15, -0.1) is 0 Å². The van der Waals surface area contributed by atoms with Gasteiger partial charge in [0, 0.05) is 5.56 Å². The molecule has 4 rings (SSSR count). The minimum Gasteiger partial charge on any atom is -0.323 e. The van der Waals surface area contributed by atoms with E-state index in [1.54, 1.807) is 12.1 Å². The van der Waals surface area contributed by atoms with Crippen molar-refractivity contribution < 1.29 is 4.79 Å². The minimum atomic E-state index is -0.152. The third kappa shape index (κ3) is 3.44. The van der Waals surface area contributed by atoms with Crippen molar-refractivity contribution in [1.82, 2.24) is 9.55 Å². The van der Waals surface area contributed by atoms with Crippen LogP contribution in [0.5, 0.6) is 0 Å². The Kier molecular flexibility index (Phi) is 4.65. The molecular weight excluding hydrogens is 358 g/mol. The number of anilines is 1. The van der Waals surface area contributed by atoms with Gasteiger partial charge in [-0.05, 0) is 36.8 Å². The van der Waals surface area contributed by atoms with E-state index >= 15 is 0 Å². The molecule has 0 saturated heterocycles. The van der Waals surface area contributed by atoms with Crippen LogP contribution in [0.1, 0.15) is 5.56 Å². The predicted octanol–water partition coefficient (Wildman–Crippen LogP) is 5.30. The summed E-state index contributed by atoms with van der Waals surface area (Å²) in [5, 5.41) is 3.40. The molecule has 4 nitrogen and oxygen atoms in total. The van der Waals surface area contributed by atoms with Gasteiger partial charge in [0.25, 0.3) is 0 Å². The van der Waals surface area contributed by atoms with E-state index in [9.17, 15) is 4.79 Å². The van der Waals surface area contributed by atoms with Crippen LogP contribution < -0.4 is 5.32 Å². The van der Waals surface area contributed by atoms with Gasteiger partial charge in [0.15, 0.2) is 0 Å². The van der Waals surface area contributed by atoms with Crippen molar-refractivity contribution in [3.8, 4) is 11.4 Å². The van der Waals surface area contributed by atoms with E-state index in [0.29, 0.717) is 10.7 Å². The second-order valence-electron chi connectivity index (χ2n) is 6.35. The normalized spacial score (nSPS) is 10.9. The Morgan fingerprint density at radius 3 is 2.52 bits per heavy atom. The van der Waals surface area contributed by atoms with Crippen molar-refractivity contribution in [2.24, 2.45) is 0 Å². The molecular formula is C22H18ClN3O. The first-order valence-corrected chi connectivity index (χ1v) is 9.07. The van der Waals surface area contributed by atoms with Gasteiger partial charge in [-0.2, -0.15) is 0 Å². The number of amides is 1. The second-order valence-corrected chi connectivity index (χ2v) is 6.76. The Hall–Kier alpha value is -3.11. The maximum atomic E-state index is 12.7. The molecule has 1 aromatic heterocycles. The number of benzene rings is 3. The van der Waals surface area contributed by atoms with Gasteiger partial charge in [0.05, 0.1) is 21.7 Å². The Bertz CT molecular complexity index is 1130. The van der Waals surface area contributed by atoms with Gasteiger partial charge in [-0.25, -0.2) is 4.98 Å². The number of nitrogens with zero attached hydrogens (tertiary/aromatic N) is 2. The molecule has 0 saturated carbocycles. The van der Waals surface area contributed by atoms with Gasteiger partial charge in [0.1, 0.15) is 12.4 Å². The minimum absolute atomic E-state index is 0.148. The third-order valence-electron chi connectivity index (χ3n) is 4.49. The van der Waals surface area contributed by atoms with Crippen molar-refractivity contribution in [3.05, 3.63) is 83.4 Å². The number of fused-ring (bicyclic) bond motifs is 1. The highest BCUT2D eigenvalue weighted by molar-refractivity contribution is 6.33. The third-order valence-corrected chi connectivity index (χ3v) is 4.82. The van der Waals surface area contributed by atoms with Crippen molar-refractivity contribution in [3.63, 3.8) is 0 Å². The van der Waals surface area contributed by atoms with E-state index in [2.05, 4.69) is 5.32 Å². The summed E-state index contributed by atoms with van der Waals surface area (Å²) in [6.45, 7) is 2.19. The molecule has 0 aliphatic rings. The van der Waals surface area contributed by atoms with Crippen LogP contribution in [0.25, 0.3) is 22.4 Å². The summed E-state index contributed by atoms with van der Waals surface area (Å²) in [5.41, 5.74) is 4.51. The molecule has 0 unspecified atom stereocenters. The van der Waals surface area contributed by atoms with E-state index < -0.39 is 0 Å². The van der Waals surface area contributed by atoms with Crippen LogP contribution in [-0.4, -0.2) is 15.5 Å². The van der Waals surface area contributed by atoms with Crippen LogP contribution in [-0.2, 0) is 11.3 Å². The highest BCUT2D eigenvalue weighted by atomic mass is 35.5. The molecule has 0 bridgehead atoms. The van der Waals surface area contributed by atoms with Crippen LogP contribution in [0.2, 0.25) is 5.02 Å². The lowest BCUT2D eigenvalue weighted by atomic mass is 10.1. The monoisotopic (exact) mass is 375 g/mol. The smallest absolute Gasteiger partial charge is 0.244 e. The average Bonchev–Trinajstić information content (AvgIpc) is 3.02. The number of imidazole rings is 1. The van der Waals surface area contributed by atoms with Crippen LogP contribution in [0, 0.1) is 6.92 Å². The van der Waals surface area contributed by atoms with E-state index in [1.807, 2.05) is 72.2 Å². The lowest BCUT2D eigenvalue weighted by Gasteiger charge is -2.12. The first-order valence-electron chi connectivity index (χ1n) is 8.69. The zero-order valence-electron chi connectivity index (χ0n) is 14.8. The fourth-order valence-electron chi connectivity index (χ4n) is 3.16. The maximum absolute atomic E-state index is 12.7. The summed E-state index contributed by atoms with van der Waals surface area (Å²) in [7, 11) is 0. The van der Waals surface area contributed by atoms with Gasteiger partial charge in [-0.3, -0.25) is 4.79 Å². The fourth-order valence-corrected chi connectivity index (χ4v) is 3.34. The van der Waals surface area contributed by atoms with E-state index in [1.165, 1.54) is 0 Å². The molecule has 0 aliphatic carbocycles. The summed E-state index contributed by atoms with van der Waals surface area (Å²) in [6, 6.07) is 23.1. The van der Waals surface area contributed by atoms with Gasteiger partial charge >= 0.3 is 0 Å². The number of aromatic nitrogens is 2. The molecule has 27 heavy (non-hydrogen) atoms. The Balaban J connectivity index is 1.74. The molecule has 1 amide bonds. The molecule has 0 spiro atoms. The number of halogens is 1. The number of hydrogen-bond acceptors (Lipinski definition) is 2. The number of carbonyl (C=O) groups is 1. The quantitative estimate of drug-likeness (QED) is 0.525. The topological polar surface area (TPSA) is 46.9 Å². The Labute approximate surface area is 162 Å².